The Morgan fingerprint density at radius 1 is 1.00 bits per heavy atom. The minimum absolute atomic E-state index is 0.161. The molecule has 0 aliphatic carbocycles. The SMILES string of the molecule is O=C(S)N1CCN(Cc2nc3cccnc3n2Cc2nc3ccccc3[nH]2)CC1. The van der Waals surface area contributed by atoms with Crippen LogP contribution in [0.4, 0.5) is 4.79 Å². The van der Waals surface area contributed by atoms with E-state index in [0.29, 0.717) is 26.2 Å². The molecule has 5 rings (SSSR count). The van der Waals surface area contributed by atoms with Crippen molar-refractivity contribution in [1.82, 2.24) is 34.3 Å². The van der Waals surface area contributed by atoms with E-state index >= 15 is 0 Å². The molecule has 1 N–H and O–H groups in total. The maximum Gasteiger partial charge on any atom is 0.278 e. The van der Waals surface area contributed by atoms with Crippen LogP contribution in [0.25, 0.3) is 22.2 Å². The zero-order valence-electron chi connectivity index (χ0n) is 15.8. The molecule has 4 heterocycles. The molecule has 0 bridgehead atoms. The van der Waals surface area contributed by atoms with E-state index in [-0.39, 0.29) is 5.24 Å². The average molecular weight is 408 g/mol. The van der Waals surface area contributed by atoms with Crippen molar-refractivity contribution in [2.45, 2.75) is 13.1 Å². The van der Waals surface area contributed by atoms with Gasteiger partial charge in [0.25, 0.3) is 5.24 Å². The van der Waals surface area contributed by atoms with Crippen molar-refractivity contribution in [2.75, 3.05) is 26.2 Å². The summed E-state index contributed by atoms with van der Waals surface area (Å²) in [6.45, 7) is 4.24. The molecule has 0 unspecified atom stereocenters. The normalized spacial score (nSPS) is 15.4. The lowest BCUT2D eigenvalue weighted by molar-refractivity contribution is 0.146. The number of pyridine rings is 1. The first kappa shape index (κ1) is 18.1. The minimum Gasteiger partial charge on any atom is -0.340 e. The lowest BCUT2D eigenvalue weighted by atomic mass is 10.3. The van der Waals surface area contributed by atoms with E-state index in [1.165, 1.54) is 0 Å². The number of benzene rings is 1. The van der Waals surface area contributed by atoms with E-state index in [4.69, 9.17) is 9.97 Å². The van der Waals surface area contributed by atoms with Gasteiger partial charge < -0.3 is 14.5 Å². The first-order valence-corrected chi connectivity index (χ1v) is 10.1. The van der Waals surface area contributed by atoms with E-state index in [0.717, 1.165) is 46.9 Å². The van der Waals surface area contributed by atoms with E-state index in [2.05, 4.69) is 32.1 Å². The maximum absolute atomic E-state index is 11.4. The third-order valence-corrected chi connectivity index (χ3v) is 5.62. The molecule has 1 aliphatic heterocycles. The highest BCUT2D eigenvalue weighted by Crippen LogP contribution is 2.19. The molecule has 29 heavy (non-hydrogen) atoms. The number of H-pyrrole nitrogens is 1. The number of imidazole rings is 2. The summed E-state index contributed by atoms with van der Waals surface area (Å²) in [4.78, 5) is 33.0. The number of carbonyl (C=O) groups excluding carboxylic acids is 1. The van der Waals surface area contributed by atoms with Gasteiger partial charge in [0.1, 0.15) is 17.2 Å². The van der Waals surface area contributed by atoms with E-state index in [1.807, 2.05) is 36.4 Å². The standard InChI is InChI=1S/C20H21N7OS/c28-20(29)26-10-8-25(9-11-26)13-18-24-16-6-3-7-21-19(16)27(18)12-17-22-14-4-1-2-5-15(14)23-17/h1-7H,8-13H2,(H,22,23)(H,28,29). The number of piperazine rings is 1. The van der Waals surface area contributed by atoms with Crippen molar-refractivity contribution >= 4 is 40.1 Å². The van der Waals surface area contributed by atoms with Crippen LogP contribution in [0.5, 0.6) is 0 Å². The van der Waals surface area contributed by atoms with Crippen LogP contribution in [0.1, 0.15) is 11.6 Å². The third kappa shape index (κ3) is 3.58. The molecular formula is C20H21N7OS. The number of fused-ring (bicyclic) bond motifs is 2. The summed E-state index contributed by atoms with van der Waals surface area (Å²) in [7, 11) is 0. The fourth-order valence-corrected chi connectivity index (χ4v) is 4.02. The van der Waals surface area contributed by atoms with Crippen molar-refractivity contribution in [3.8, 4) is 0 Å². The van der Waals surface area contributed by atoms with Gasteiger partial charge in [-0.3, -0.25) is 9.69 Å². The van der Waals surface area contributed by atoms with Gasteiger partial charge in [0.2, 0.25) is 0 Å². The monoisotopic (exact) mass is 407 g/mol. The number of amides is 1. The number of para-hydroxylation sites is 2. The molecule has 1 amide bonds. The van der Waals surface area contributed by atoms with Crippen LogP contribution in [0.15, 0.2) is 42.6 Å². The highest BCUT2D eigenvalue weighted by Gasteiger charge is 2.22. The topological polar surface area (TPSA) is 82.9 Å². The Bertz CT molecular complexity index is 1140. The molecule has 9 heteroatoms. The Morgan fingerprint density at radius 2 is 1.79 bits per heavy atom. The minimum atomic E-state index is -0.161. The van der Waals surface area contributed by atoms with Crippen LogP contribution >= 0.6 is 12.6 Å². The van der Waals surface area contributed by atoms with Gasteiger partial charge in [0.15, 0.2) is 5.65 Å². The van der Waals surface area contributed by atoms with Crippen molar-refractivity contribution in [3.05, 3.63) is 54.2 Å². The summed E-state index contributed by atoms with van der Waals surface area (Å²) >= 11 is 3.93. The highest BCUT2D eigenvalue weighted by molar-refractivity contribution is 7.96. The number of nitrogens with one attached hydrogen (secondary N) is 1. The van der Waals surface area contributed by atoms with Gasteiger partial charge in [0, 0.05) is 32.4 Å². The number of hydrogen-bond donors (Lipinski definition) is 2. The van der Waals surface area contributed by atoms with Crippen molar-refractivity contribution in [3.63, 3.8) is 0 Å². The highest BCUT2D eigenvalue weighted by atomic mass is 32.1. The smallest absolute Gasteiger partial charge is 0.278 e. The van der Waals surface area contributed by atoms with Gasteiger partial charge in [0.05, 0.1) is 24.1 Å². The number of nitrogens with zero attached hydrogens (tertiary/aromatic N) is 6. The molecule has 1 saturated heterocycles. The molecule has 0 saturated carbocycles. The van der Waals surface area contributed by atoms with E-state index < -0.39 is 0 Å². The Balaban J connectivity index is 1.44. The summed E-state index contributed by atoms with van der Waals surface area (Å²) in [5, 5.41) is -0.161. The summed E-state index contributed by atoms with van der Waals surface area (Å²) in [5.74, 6) is 1.83. The molecule has 0 spiro atoms. The van der Waals surface area contributed by atoms with Crippen LogP contribution < -0.4 is 0 Å². The van der Waals surface area contributed by atoms with Gasteiger partial charge in [-0.1, -0.05) is 24.8 Å². The van der Waals surface area contributed by atoms with Crippen molar-refractivity contribution < 1.29 is 4.79 Å². The van der Waals surface area contributed by atoms with E-state index in [1.54, 1.807) is 11.1 Å². The quantitative estimate of drug-likeness (QED) is 0.508. The molecule has 0 radical (unpaired) electrons. The number of thiol groups is 1. The first-order valence-electron chi connectivity index (χ1n) is 9.61. The number of carbonyl (C=O) groups is 1. The predicted octanol–water partition coefficient (Wildman–Crippen LogP) is 2.52. The Kier molecular flexibility index (Phi) is 4.69. The Morgan fingerprint density at radius 3 is 2.59 bits per heavy atom. The van der Waals surface area contributed by atoms with Crippen LogP contribution in [0, 0.1) is 0 Å². The Labute approximate surface area is 173 Å². The van der Waals surface area contributed by atoms with Crippen molar-refractivity contribution in [2.24, 2.45) is 0 Å². The molecule has 4 aromatic rings. The number of hydrogen-bond acceptors (Lipinski definition) is 5. The molecule has 0 atom stereocenters. The zero-order valence-corrected chi connectivity index (χ0v) is 16.7. The zero-order chi connectivity index (χ0) is 19.8. The fraction of sp³-hybridized carbons (Fsp3) is 0.300. The largest absolute Gasteiger partial charge is 0.340 e. The summed E-state index contributed by atoms with van der Waals surface area (Å²) in [6.07, 6.45) is 1.79. The second-order valence-corrected chi connectivity index (χ2v) is 7.59. The van der Waals surface area contributed by atoms with E-state index in [9.17, 15) is 4.79 Å². The number of rotatable bonds is 4. The second-order valence-electron chi connectivity index (χ2n) is 7.21. The molecular weight excluding hydrogens is 386 g/mol. The van der Waals surface area contributed by atoms with Gasteiger partial charge in [-0.15, -0.1) is 0 Å². The number of aromatic amines is 1. The van der Waals surface area contributed by atoms with Gasteiger partial charge in [-0.05, 0) is 24.3 Å². The van der Waals surface area contributed by atoms with Crippen LogP contribution in [-0.2, 0) is 13.1 Å². The van der Waals surface area contributed by atoms with Crippen LogP contribution in [0.2, 0.25) is 0 Å². The Hall–Kier alpha value is -2.91. The van der Waals surface area contributed by atoms with Gasteiger partial charge >= 0.3 is 0 Å². The van der Waals surface area contributed by atoms with Crippen molar-refractivity contribution in [1.29, 1.82) is 0 Å². The number of aromatic nitrogens is 5. The molecule has 3 aromatic heterocycles. The summed E-state index contributed by atoms with van der Waals surface area (Å²) < 4.78 is 2.13. The molecule has 1 aromatic carbocycles. The van der Waals surface area contributed by atoms with Crippen LogP contribution in [0.3, 0.4) is 0 Å². The van der Waals surface area contributed by atoms with Gasteiger partial charge in [-0.25, -0.2) is 15.0 Å². The molecule has 148 valence electrons. The molecule has 1 aliphatic rings. The lowest BCUT2D eigenvalue weighted by Gasteiger charge is -2.33. The molecule has 1 fully saturated rings. The first-order chi connectivity index (χ1) is 14.2. The lowest BCUT2D eigenvalue weighted by Crippen LogP contribution is -2.47. The summed E-state index contributed by atoms with van der Waals surface area (Å²) in [5.41, 5.74) is 3.71. The van der Waals surface area contributed by atoms with Crippen LogP contribution in [-0.4, -0.2) is 65.7 Å². The maximum atomic E-state index is 11.4. The fourth-order valence-electron chi connectivity index (χ4n) is 3.82. The second kappa shape index (κ2) is 7.49. The summed E-state index contributed by atoms with van der Waals surface area (Å²) in [6, 6.07) is 11.9. The average Bonchev–Trinajstić information content (AvgIpc) is 3.30. The van der Waals surface area contributed by atoms with Gasteiger partial charge in [-0.2, -0.15) is 0 Å². The predicted molar refractivity (Wildman–Crippen MR) is 114 cm³/mol. The molecule has 8 nitrogen and oxygen atoms in total. The third-order valence-electron chi connectivity index (χ3n) is 5.34.